The van der Waals surface area contributed by atoms with Crippen molar-refractivity contribution in [2.24, 2.45) is 11.1 Å². The molecule has 2 atom stereocenters. The van der Waals surface area contributed by atoms with Gasteiger partial charge in [-0.3, -0.25) is 4.18 Å². The Morgan fingerprint density at radius 3 is 2.71 bits per heavy atom. The second-order valence-electron chi connectivity index (χ2n) is 7.04. The van der Waals surface area contributed by atoms with E-state index in [-0.39, 0.29) is 13.2 Å². The average Bonchev–Trinajstić information content (AvgIpc) is 3.12. The Morgan fingerprint density at radius 1 is 1.26 bits per heavy atom. The summed E-state index contributed by atoms with van der Waals surface area (Å²) >= 11 is 12.0. The van der Waals surface area contributed by atoms with Crippen molar-refractivity contribution in [2.45, 2.75) is 32.5 Å². The van der Waals surface area contributed by atoms with Crippen molar-refractivity contribution in [1.82, 2.24) is 14.5 Å². The van der Waals surface area contributed by atoms with Crippen LogP contribution in [0.1, 0.15) is 18.9 Å². The summed E-state index contributed by atoms with van der Waals surface area (Å²) in [6, 6.07) is 7.24. The summed E-state index contributed by atoms with van der Waals surface area (Å²) in [5.74, 6) is 0.221. The Bertz CT molecular complexity index is 1160. The molecule has 0 radical (unpaired) electrons. The largest absolute Gasteiger partial charge is 0.391 e. The molecule has 9 nitrogen and oxygen atoms in total. The van der Waals surface area contributed by atoms with Crippen LogP contribution in [-0.4, -0.2) is 40.8 Å². The minimum absolute atomic E-state index is 0.193. The molecule has 0 fully saturated rings. The molecule has 3 rings (SSSR count). The van der Waals surface area contributed by atoms with E-state index < -0.39 is 22.3 Å². The lowest BCUT2D eigenvalue weighted by atomic mass is 10.0. The van der Waals surface area contributed by atoms with E-state index in [1.165, 1.54) is 6.33 Å². The van der Waals surface area contributed by atoms with Gasteiger partial charge in [0.05, 0.1) is 34.7 Å². The van der Waals surface area contributed by atoms with E-state index in [0.29, 0.717) is 34.5 Å². The lowest BCUT2D eigenvalue weighted by Gasteiger charge is -2.21. The number of fused-ring (bicyclic) bond motifs is 1. The third-order valence-corrected chi connectivity index (χ3v) is 6.10. The highest BCUT2D eigenvalue weighted by atomic mass is 35.5. The Balaban J connectivity index is 1.72. The van der Waals surface area contributed by atoms with Crippen molar-refractivity contribution in [2.75, 3.05) is 11.9 Å². The molecular weight excluding hydrogens is 465 g/mol. The van der Waals surface area contributed by atoms with Gasteiger partial charge in [-0.2, -0.15) is 8.42 Å². The molecule has 2 aromatic heterocycles. The van der Waals surface area contributed by atoms with Crippen LogP contribution < -0.4 is 10.5 Å². The molecule has 4 N–H and O–H groups in total. The molecule has 31 heavy (non-hydrogen) atoms. The van der Waals surface area contributed by atoms with E-state index in [1.807, 2.05) is 19.1 Å². The minimum atomic E-state index is -4.06. The van der Waals surface area contributed by atoms with E-state index in [2.05, 4.69) is 19.5 Å². The SMILES string of the molecule is CC[C@@H](COS(N)(=O)=O)[C@@H](O)Cn1ccc2c(NCc3ccc(Cl)c(Cl)c3)ncnc21. The van der Waals surface area contributed by atoms with Crippen molar-refractivity contribution in [3.63, 3.8) is 0 Å². The fraction of sp³-hybridized carbons (Fsp3) is 0.368. The van der Waals surface area contributed by atoms with Crippen molar-refractivity contribution in [3.8, 4) is 0 Å². The van der Waals surface area contributed by atoms with Crippen LogP contribution in [0.15, 0.2) is 36.8 Å². The number of anilines is 1. The van der Waals surface area contributed by atoms with Crippen molar-refractivity contribution < 1.29 is 17.7 Å². The zero-order valence-corrected chi connectivity index (χ0v) is 19.0. The molecule has 0 aliphatic carbocycles. The molecule has 2 heterocycles. The third kappa shape index (κ3) is 6.28. The molecule has 1 aromatic carbocycles. The molecular formula is C19H23Cl2N5O4S. The Kier molecular flexibility index (Phi) is 7.73. The number of hydrogen-bond donors (Lipinski definition) is 3. The van der Waals surface area contributed by atoms with Crippen LogP contribution in [0, 0.1) is 5.92 Å². The van der Waals surface area contributed by atoms with E-state index >= 15 is 0 Å². The highest BCUT2D eigenvalue weighted by Crippen LogP contribution is 2.25. The molecule has 0 saturated carbocycles. The van der Waals surface area contributed by atoms with Gasteiger partial charge in [0.25, 0.3) is 0 Å². The maximum Gasteiger partial charge on any atom is 0.333 e. The maximum atomic E-state index is 11.0. The topological polar surface area (TPSA) is 132 Å². The number of halogens is 2. The van der Waals surface area contributed by atoms with Crippen LogP contribution in [-0.2, 0) is 27.6 Å². The fourth-order valence-electron chi connectivity index (χ4n) is 3.16. The van der Waals surface area contributed by atoms with Crippen molar-refractivity contribution >= 4 is 50.4 Å². The van der Waals surface area contributed by atoms with Gasteiger partial charge in [0.1, 0.15) is 17.8 Å². The average molecular weight is 488 g/mol. The molecule has 0 aliphatic heterocycles. The molecule has 0 aliphatic rings. The Labute approximate surface area is 190 Å². The summed E-state index contributed by atoms with van der Waals surface area (Å²) in [5, 5.41) is 20.5. The first-order valence-electron chi connectivity index (χ1n) is 9.50. The molecule has 0 spiro atoms. The van der Waals surface area contributed by atoms with Crippen LogP contribution in [0.25, 0.3) is 11.0 Å². The zero-order chi connectivity index (χ0) is 22.6. The number of nitrogens with two attached hydrogens (primary N) is 1. The number of nitrogens with one attached hydrogen (secondary N) is 1. The van der Waals surface area contributed by atoms with Gasteiger partial charge in [-0.05, 0) is 30.2 Å². The maximum absolute atomic E-state index is 11.0. The Hall–Kier alpha value is -1.95. The van der Waals surface area contributed by atoms with Gasteiger partial charge in [0.15, 0.2) is 0 Å². The van der Waals surface area contributed by atoms with Crippen LogP contribution in [0.3, 0.4) is 0 Å². The van der Waals surface area contributed by atoms with Crippen LogP contribution in [0.2, 0.25) is 10.0 Å². The van der Waals surface area contributed by atoms with Gasteiger partial charge in [0.2, 0.25) is 0 Å². The first kappa shape index (κ1) is 23.7. The van der Waals surface area contributed by atoms with Gasteiger partial charge < -0.3 is 15.0 Å². The smallest absolute Gasteiger partial charge is 0.333 e. The lowest BCUT2D eigenvalue weighted by Crippen LogP contribution is -2.31. The molecule has 0 bridgehead atoms. The van der Waals surface area contributed by atoms with Gasteiger partial charge in [-0.25, -0.2) is 15.1 Å². The summed E-state index contributed by atoms with van der Waals surface area (Å²) < 4.78 is 28.5. The van der Waals surface area contributed by atoms with Crippen LogP contribution in [0.5, 0.6) is 0 Å². The first-order valence-corrected chi connectivity index (χ1v) is 11.7. The summed E-state index contributed by atoms with van der Waals surface area (Å²) in [5.41, 5.74) is 1.57. The Morgan fingerprint density at radius 2 is 2.03 bits per heavy atom. The predicted octanol–water partition coefficient (Wildman–Crippen LogP) is 2.96. The van der Waals surface area contributed by atoms with Crippen molar-refractivity contribution in [1.29, 1.82) is 0 Å². The van der Waals surface area contributed by atoms with Crippen LogP contribution >= 0.6 is 23.2 Å². The molecule has 0 unspecified atom stereocenters. The van der Waals surface area contributed by atoms with E-state index in [9.17, 15) is 13.5 Å². The number of benzene rings is 1. The quantitative estimate of drug-likeness (QED) is 0.400. The number of aliphatic hydroxyl groups excluding tert-OH is 1. The lowest BCUT2D eigenvalue weighted by molar-refractivity contribution is 0.0616. The standard InChI is InChI=1S/C19H23Cl2N5O4S/c1-2-13(10-30-31(22,28)29)17(27)9-26-6-5-14-18(24-11-25-19(14)26)23-8-12-3-4-15(20)16(21)7-12/h3-7,11,13,17,27H,2,8-10H2,1H3,(H2,22,28,29)(H,23,24,25)/t13-,17-/m0/s1. The van der Waals surface area contributed by atoms with Crippen molar-refractivity contribution in [3.05, 3.63) is 52.4 Å². The summed E-state index contributed by atoms with van der Waals surface area (Å²) in [6.45, 7) is 2.33. The summed E-state index contributed by atoms with van der Waals surface area (Å²) in [6.07, 6.45) is 2.88. The summed E-state index contributed by atoms with van der Waals surface area (Å²) in [7, 11) is -4.06. The van der Waals surface area contributed by atoms with Gasteiger partial charge >= 0.3 is 10.3 Å². The van der Waals surface area contributed by atoms with Gasteiger partial charge in [0, 0.05) is 18.7 Å². The summed E-state index contributed by atoms with van der Waals surface area (Å²) in [4.78, 5) is 8.63. The highest BCUT2D eigenvalue weighted by Gasteiger charge is 2.21. The molecule has 0 saturated heterocycles. The van der Waals surface area contributed by atoms with Gasteiger partial charge in [-0.1, -0.05) is 36.2 Å². The third-order valence-electron chi connectivity index (χ3n) is 4.90. The fourth-order valence-corrected chi connectivity index (χ4v) is 3.85. The van der Waals surface area contributed by atoms with Gasteiger partial charge in [-0.15, -0.1) is 0 Å². The monoisotopic (exact) mass is 487 g/mol. The first-order chi connectivity index (χ1) is 14.7. The second-order valence-corrected chi connectivity index (χ2v) is 9.08. The molecule has 12 heteroatoms. The minimum Gasteiger partial charge on any atom is -0.391 e. The van der Waals surface area contributed by atoms with E-state index in [0.717, 1.165) is 10.9 Å². The highest BCUT2D eigenvalue weighted by molar-refractivity contribution is 7.84. The number of hydrogen-bond acceptors (Lipinski definition) is 7. The number of nitrogens with zero attached hydrogens (tertiary/aromatic N) is 3. The van der Waals surface area contributed by atoms with Crippen LogP contribution in [0.4, 0.5) is 5.82 Å². The second kappa shape index (κ2) is 10.1. The predicted molar refractivity (Wildman–Crippen MR) is 120 cm³/mol. The number of rotatable bonds is 10. The molecule has 0 amide bonds. The normalized spacial score (nSPS) is 14.0. The molecule has 3 aromatic rings. The molecule has 168 valence electrons. The number of aliphatic hydroxyl groups is 1. The zero-order valence-electron chi connectivity index (χ0n) is 16.7. The van der Waals surface area contributed by atoms with E-state index in [4.69, 9.17) is 28.3 Å². The van der Waals surface area contributed by atoms with E-state index in [1.54, 1.807) is 22.9 Å². The number of aromatic nitrogens is 3.